The van der Waals surface area contributed by atoms with Gasteiger partial charge in [0.05, 0.1) is 11.3 Å². The van der Waals surface area contributed by atoms with Crippen LogP contribution in [0.5, 0.6) is 0 Å². The van der Waals surface area contributed by atoms with Crippen molar-refractivity contribution < 1.29 is 4.79 Å². The minimum absolute atomic E-state index is 0.444. The predicted octanol–water partition coefficient (Wildman–Crippen LogP) is 1.05. The van der Waals surface area contributed by atoms with E-state index >= 15 is 0 Å². The number of nitrogens with zero attached hydrogens (tertiary/aromatic N) is 2. The summed E-state index contributed by atoms with van der Waals surface area (Å²) in [6.07, 6.45) is 1.89. The molecule has 0 aliphatic carbocycles. The third-order valence-electron chi connectivity index (χ3n) is 2.20. The summed E-state index contributed by atoms with van der Waals surface area (Å²) in [4.78, 5) is 15.4. The number of carbonyl (C=O) groups excluding carboxylic acids is 1. The molecule has 2 N–H and O–H groups in total. The highest BCUT2D eigenvalue weighted by Crippen LogP contribution is 2.13. The highest BCUT2D eigenvalue weighted by molar-refractivity contribution is 5.98. The van der Waals surface area contributed by atoms with E-state index in [9.17, 15) is 4.79 Å². The molecule has 14 heavy (non-hydrogen) atoms. The van der Waals surface area contributed by atoms with E-state index in [1.807, 2.05) is 30.5 Å². The van der Waals surface area contributed by atoms with E-state index in [-0.39, 0.29) is 0 Å². The first kappa shape index (κ1) is 8.74. The first-order chi connectivity index (χ1) is 6.59. The maximum Gasteiger partial charge on any atom is 0.252 e. The van der Waals surface area contributed by atoms with E-state index in [4.69, 9.17) is 5.73 Å². The maximum absolute atomic E-state index is 11.1. The van der Waals surface area contributed by atoms with Gasteiger partial charge in [-0.15, -0.1) is 0 Å². The van der Waals surface area contributed by atoms with Gasteiger partial charge in [-0.3, -0.25) is 4.79 Å². The zero-order valence-electron chi connectivity index (χ0n) is 8.11. The van der Waals surface area contributed by atoms with Crippen molar-refractivity contribution in [3.05, 3.63) is 35.3 Å². The van der Waals surface area contributed by atoms with Gasteiger partial charge in [-0.05, 0) is 26.0 Å². The molecule has 0 unspecified atom stereocenters. The number of primary amides is 1. The smallest absolute Gasteiger partial charge is 0.252 e. The normalized spacial score (nSPS) is 10.7. The molecule has 1 amide bonds. The Kier molecular flexibility index (Phi) is 1.77. The Hall–Kier alpha value is -1.84. The van der Waals surface area contributed by atoms with Gasteiger partial charge in [0.25, 0.3) is 5.91 Å². The number of rotatable bonds is 1. The van der Waals surface area contributed by atoms with E-state index in [2.05, 4.69) is 4.98 Å². The van der Waals surface area contributed by atoms with Crippen LogP contribution in [0.3, 0.4) is 0 Å². The lowest BCUT2D eigenvalue weighted by Gasteiger charge is -2.02. The lowest BCUT2D eigenvalue weighted by Crippen LogP contribution is -2.13. The molecule has 0 radical (unpaired) electrons. The van der Waals surface area contributed by atoms with Crippen molar-refractivity contribution in [1.29, 1.82) is 0 Å². The fourth-order valence-corrected chi connectivity index (χ4v) is 1.51. The number of imidazole rings is 1. The molecule has 0 aliphatic heterocycles. The maximum atomic E-state index is 11.1. The summed E-state index contributed by atoms with van der Waals surface area (Å²) < 4.78 is 1.87. The summed E-state index contributed by atoms with van der Waals surface area (Å²) >= 11 is 0. The average molecular weight is 189 g/mol. The van der Waals surface area contributed by atoms with Gasteiger partial charge in [0.1, 0.15) is 5.65 Å². The van der Waals surface area contributed by atoms with Crippen LogP contribution in [0.1, 0.15) is 21.7 Å². The van der Waals surface area contributed by atoms with Crippen molar-refractivity contribution in [2.75, 3.05) is 0 Å². The molecule has 4 nitrogen and oxygen atoms in total. The topological polar surface area (TPSA) is 60.4 Å². The molecule has 0 saturated carbocycles. The van der Waals surface area contributed by atoms with Crippen LogP contribution in [0.4, 0.5) is 0 Å². The Morgan fingerprint density at radius 2 is 2.14 bits per heavy atom. The Balaban J connectivity index is 2.87. The predicted molar refractivity (Wildman–Crippen MR) is 53.2 cm³/mol. The van der Waals surface area contributed by atoms with E-state index < -0.39 is 5.91 Å². The zero-order chi connectivity index (χ0) is 10.3. The third-order valence-corrected chi connectivity index (χ3v) is 2.20. The molecular formula is C10H11N3O. The molecule has 0 bridgehead atoms. The largest absolute Gasteiger partial charge is 0.365 e. The van der Waals surface area contributed by atoms with Crippen molar-refractivity contribution in [2.45, 2.75) is 13.8 Å². The highest BCUT2D eigenvalue weighted by Gasteiger charge is 2.10. The SMILES string of the molecule is Cc1cn2c(C)ccc(C(N)=O)c2n1. The van der Waals surface area contributed by atoms with Crippen LogP contribution in [0.2, 0.25) is 0 Å². The van der Waals surface area contributed by atoms with Gasteiger partial charge in [-0.1, -0.05) is 0 Å². The fraction of sp³-hybridized carbons (Fsp3) is 0.200. The van der Waals surface area contributed by atoms with Crippen LogP contribution < -0.4 is 5.73 Å². The number of hydrogen-bond donors (Lipinski definition) is 1. The Morgan fingerprint density at radius 3 is 2.79 bits per heavy atom. The molecule has 0 aliphatic rings. The second-order valence-corrected chi connectivity index (χ2v) is 3.33. The summed E-state index contributed by atoms with van der Waals surface area (Å²) in [5, 5.41) is 0. The molecule has 0 aromatic carbocycles. The minimum atomic E-state index is -0.444. The van der Waals surface area contributed by atoms with Gasteiger partial charge < -0.3 is 10.1 Å². The van der Waals surface area contributed by atoms with Gasteiger partial charge in [0, 0.05) is 11.9 Å². The van der Waals surface area contributed by atoms with Gasteiger partial charge in [0.15, 0.2) is 0 Å². The lowest BCUT2D eigenvalue weighted by atomic mass is 10.2. The summed E-state index contributed by atoms with van der Waals surface area (Å²) in [7, 11) is 0. The highest BCUT2D eigenvalue weighted by atomic mass is 16.1. The van der Waals surface area contributed by atoms with E-state index in [1.165, 1.54) is 0 Å². The summed E-state index contributed by atoms with van der Waals surface area (Å²) in [6, 6.07) is 3.56. The third kappa shape index (κ3) is 1.16. The van der Waals surface area contributed by atoms with Gasteiger partial charge >= 0.3 is 0 Å². The molecule has 0 fully saturated rings. The van der Waals surface area contributed by atoms with Crippen molar-refractivity contribution in [3.8, 4) is 0 Å². The lowest BCUT2D eigenvalue weighted by molar-refractivity contribution is 0.100. The van der Waals surface area contributed by atoms with Crippen molar-refractivity contribution >= 4 is 11.6 Å². The van der Waals surface area contributed by atoms with Crippen LogP contribution in [0.25, 0.3) is 5.65 Å². The fourth-order valence-electron chi connectivity index (χ4n) is 1.51. The molecule has 72 valence electrons. The van der Waals surface area contributed by atoms with Crippen LogP contribution in [0, 0.1) is 13.8 Å². The molecule has 0 spiro atoms. The summed E-state index contributed by atoms with van der Waals surface area (Å²) in [6.45, 7) is 3.84. The minimum Gasteiger partial charge on any atom is -0.365 e. The van der Waals surface area contributed by atoms with E-state index in [0.29, 0.717) is 11.2 Å². The van der Waals surface area contributed by atoms with E-state index in [0.717, 1.165) is 11.4 Å². The van der Waals surface area contributed by atoms with Crippen LogP contribution >= 0.6 is 0 Å². The molecular weight excluding hydrogens is 178 g/mol. The van der Waals surface area contributed by atoms with Gasteiger partial charge in [0.2, 0.25) is 0 Å². The van der Waals surface area contributed by atoms with Crippen LogP contribution in [-0.4, -0.2) is 15.3 Å². The number of amides is 1. The molecule has 0 saturated heterocycles. The van der Waals surface area contributed by atoms with Crippen LogP contribution in [0.15, 0.2) is 18.3 Å². The molecule has 2 aromatic heterocycles. The molecule has 2 aromatic rings. The number of pyridine rings is 1. The number of aryl methyl sites for hydroxylation is 2. The first-order valence-electron chi connectivity index (χ1n) is 4.34. The van der Waals surface area contributed by atoms with Crippen molar-refractivity contribution in [2.24, 2.45) is 5.73 Å². The molecule has 4 heteroatoms. The number of nitrogens with two attached hydrogens (primary N) is 1. The second kappa shape index (κ2) is 2.83. The Labute approximate surface area is 81.4 Å². The van der Waals surface area contributed by atoms with Crippen molar-refractivity contribution in [1.82, 2.24) is 9.38 Å². The molecule has 0 atom stereocenters. The zero-order valence-corrected chi connectivity index (χ0v) is 8.11. The Morgan fingerprint density at radius 1 is 1.43 bits per heavy atom. The Bertz CT molecular complexity index is 513. The van der Waals surface area contributed by atoms with E-state index in [1.54, 1.807) is 6.07 Å². The molecule has 2 rings (SSSR count). The van der Waals surface area contributed by atoms with Crippen molar-refractivity contribution in [3.63, 3.8) is 0 Å². The summed E-state index contributed by atoms with van der Waals surface area (Å²) in [5.41, 5.74) is 8.25. The number of hydrogen-bond acceptors (Lipinski definition) is 2. The monoisotopic (exact) mass is 189 g/mol. The average Bonchev–Trinajstić information content (AvgIpc) is 2.47. The number of fused-ring (bicyclic) bond motifs is 1. The quantitative estimate of drug-likeness (QED) is 0.728. The second-order valence-electron chi connectivity index (χ2n) is 3.33. The standard InChI is InChI=1S/C10H11N3O/c1-6-5-13-7(2)3-4-8(9(11)14)10(13)12-6/h3-5H,1-2H3,(H2,11,14). The van der Waals surface area contributed by atoms with Gasteiger partial charge in [-0.25, -0.2) is 4.98 Å². The number of carbonyl (C=O) groups is 1. The molecule has 2 heterocycles. The number of aromatic nitrogens is 2. The summed E-state index contributed by atoms with van der Waals surface area (Å²) in [5.74, 6) is -0.444. The first-order valence-corrected chi connectivity index (χ1v) is 4.34. The van der Waals surface area contributed by atoms with Gasteiger partial charge in [-0.2, -0.15) is 0 Å². The van der Waals surface area contributed by atoms with Crippen LogP contribution in [-0.2, 0) is 0 Å².